The summed E-state index contributed by atoms with van der Waals surface area (Å²) in [6.07, 6.45) is 3.70. The van der Waals surface area contributed by atoms with Gasteiger partial charge in [0.05, 0.1) is 0 Å². The van der Waals surface area contributed by atoms with Gasteiger partial charge in [0, 0.05) is 6.04 Å². The third-order valence-corrected chi connectivity index (χ3v) is 1.30. The van der Waals surface area contributed by atoms with Gasteiger partial charge in [-0.3, -0.25) is 9.63 Å². The van der Waals surface area contributed by atoms with E-state index in [1.165, 1.54) is 0 Å². The van der Waals surface area contributed by atoms with Crippen LogP contribution in [0.15, 0.2) is 12.7 Å². The van der Waals surface area contributed by atoms with Crippen molar-refractivity contribution in [2.75, 3.05) is 6.61 Å². The van der Waals surface area contributed by atoms with E-state index >= 15 is 0 Å². The third kappa shape index (κ3) is 7.24. The van der Waals surface area contributed by atoms with Gasteiger partial charge < -0.3 is 5.73 Å². The van der Waals surface area contributed by atoms with E-state index in [1.807, 2.05) is 13.0 Å². The normalized spacial score (nSPS) is 12.4. The first-order chi connectivity index (χ1) is 5.66. The molecule has 4 nitrogen and oxygen atoms in total. The van der Waals surface area contributed by atoms with E-state index in [1.54, 1.807) is 0 Å². The van der Waals surface area contributed by atoms with E-state index in [4.69, 9.17) is 10.6 Å². The highest BCUT2D eigenvalue weighted by molar-refractivity contribution is 5.74. The number of hydrogen-bond donors (Lipinski definition) is 2. The number of primary amides is 1. The van der Waals surface area contributed by atoms with Crippen molar-refractivity contribution in [2.45, 2.75) is 25.8 Å². The Morgan fingerprint density at radius 2 is 2.50 bits per heavy atom. The summed E-state index contributed by atoms with van der Waals surface area (Å²) in [6, 6.07) is 0.211. The topological polar surface area (TPSA) is 64.3 Å². The second-order valence-electron chi connectivity index (χ2n) is 2.64. The minimum atomic E-state index is -0.474. The standard InChI is InChI=1S/C8H16N2O2/c1-3-4-5-7(2)10-12-6-8(9)11/h3,7,10H,1,4-6H2,2H3,(H2,9,11). The first-order valence-corrected chi connectivity index (χ1v) is 3.93. The summed E-state index contributed by atoms with van der Waals surface area (Å²) in [7, 11) is 0. The quantitative estimate of drug-likeness (QED) is 0.430. The van der Waals surface area contributed by atoms with Gasteiger partial charge in [0.25, 0.3) is 0 Å². The Morgan fingerprint density at radius 3 is 3.00 bits per heavy atom. The van der Waals surface area contributed by atoms with Crippen LogP contribution >= 0.6 is 0 Å². The maximum absolute atomic E-state index is 10.2. The number of hydroxylamine groups is 1. The summed E-state index contributed by atoms with van der Waals surface area (Å²) in [5, 5.41) is 0. The molecule has 0 spiro atoms. The molecule has 0 aromatic carbocycles. The lowest BCUT2D eigenvalue weighted by Gasteiger charge is -2.11. The second kappa shape index (κ2) is 6.82. The third-order valence-electron chi connectivity index (χ3n) is 1.30. The summed E-state index contributed by atoms with van der Waals surface area (Å²) >= 11 is 0. The zero-order valence-electron chi connectivity index (χ0n) is 7.38. The molecule has 0 aliphatic heterocycles. The number of carbonyl (C=O) groups excluding carboxylic acids is 1. The van der Waals surface area contributed by atoms with E-state index in [-0.39, 0.29) is 12.6 Å². The first kappa shape index (κ1) is 11.1. The number of carbonyl (C=O) groups is 1. The molecule has 0 saturated heterocycles. The minimum Gasteiger partial charge on any atom is -0.368 e. The van der Waals surface area contributed by atoms with Gasteiger partial charge in [0.1, 0.15) is 6.61 Å². The minimum absolute atomic E-state index is 0.0849. The van der Waals surface area contributed by atoms with Gasteiger partial charge in [-0.1, -0.05) is 6.08 Å². The number of nitrogens with two attached hydrogens (primary N) is 1. The Morgan fingerprint density at radius 1 is 1.83 bits per heavy atom. The van der Waals surface area contributed by atoms with Crippen LogP contribution < -0.4 is 11.2 Å². The van der Waals surface area contributed by atoms with Crippen LogP contribution in [0, 0.1) is 0 Å². The molecule has 1 atom stereocenters. The van der Waals surface area contributed by atoms with Gasteiger partial charge in [0.15, 0.2) is 0 Å². The highest BCUT2D eigenvalue weighted by Gasteiger charge is 2.00. The first-order valence-electron chi connectivity index (χ1n) is 3.93. The lowest BCUT2D eigenvalue weighted by molar-refractivity contribution is -0.125. The molecule has 70 valence electrons. The molecule has 0 radical (unpaired) electrons. The number of rotatable bonds is 7. The average Bonchev–Trinajstić information content (AvgIpc) is 2.00. The highest BCUT2D eigenvalue weighted by atomic mass is 16.6. The summed E-state index contributed by atoms with van der Waals surface area (Å²) < 4.78 is 0. The van der Waals surface area contributed by atoms with E-state index in [0.29, 0.717) is 0 Å². The summed E-state index contributed by atoms with van der Waals surface area (Å²) in [5.41, 5.74) is 7.56. The Labute approximate surface area is 72.7 Å². The van der Waals surface area contributed by atoms with Crippen LogP contribution in [0.5, 0.6) is 0 Å². The molecule has 0 rings (SSSR count). The van der Waals surface area contributed by atoms with Crippen LogP contribution in [0.25, 0.3) is 0 Å². The molecule has 0 fully saturated rings. The lowest BCUT2D eigenvalue weighted by Crippen LogP contribution is -2.30. The summed E-state index contributed by atoms with van der Waals surface area (Å²) in [6.45, 7) is 5.48. The summed E-state index contributed by atoms with van der Waals surface area (Å²) in [4.78, 5) is 15.0. The number of hydrogen-bond acceptors (Lipinski definition) is 3. The molecule has 0 saturated carbocycles. The van der Waals surface area contributed by atoms with E-state index < -0.39 is 5.91 Å². The zero-order chi connectivity index (χ0) is 9.40. The van der Waals surface area contributed by atoms with Crippen LogP contribution in [-0.2, 0) is 9.63 Å². The van der Waals surface area contributed by atoms with Gasteiger partial charge in [-0.15, -0.1) is 6.58 Å². The zero-order valence-corrected chi connectivity index (χ0v) is 7.38. The fourth-order valence-corrected chi connectivity index (χ4v) is 0.682. The molecule has 0 aliphatic rings. The molecule has 1 amide bonds. The summed E-state index contributed by atoms with van der Waals surface area (Å²) in [5.74, 6) is -0.474. The molecular weight excluding hydrogens is 156 g/mol. The number of allylic oxidation sites excluding steroid dienone is 1. The molecule has 0 bridgehead atoms. The van der Waals surface area contributed by atoms with E-state index in [2.05, 4.69) is 12.1 Å². The largest absolute Gasteiger partial charge is 0.368 e. The smallest absolute Gasteiger partial charge is 0.245 e. The van der Waals surface area contributed by atoms with Crippen LogP contribution in [0.2, 0.25) is 0 Å². The van der Waals surface area contributed by atoms with E-state index in [0.717, 1.165) is 12.8 Å². The lowest BCUT2D eigenvalue weighted by atomic mass is 10.2. The Hall–Kier alpha value is -0.870. The fourth-order valence-electron chi connectivity index (χ4n) is 0.682. The molecule has 0 aromatic heterocycles. The molecule has 12 heavy (non-hydrogen) atoms. The average molecular weight is 172 g/mol. The molecule has 3 N–H and O–H groups in total. The Balaban J connectivity index is 3.24. The van der Waals surface area contributed by atoms with Crippen molar-refractivity contribution in [3.05, 3.63) is 12.7 Å². The molecule has 1 unspecified atom stereocenters. The van der Waals surface area contributed by atoms with Crippen LogP contribution in [-0.4, -0.2) is 18.6 Å². The second-order valence-corrected chi connectivity index (χ2v) is 2.64. The van der Waals surface area contributed by atoms with Crippen molar-refractivity contribution in [3.8, 4) is 0 Å². The van der Waals surface area contributed by atoms with Crippen molar-refractivity contribution in [2.24, 2.45) is 5.73 Å². The van der Waals surface area contributed by atoms with Crippen LogP contribution in [0.4, 0.5) is 0 Å². The predicted octanol–water partition coefficient (Wildman–Crippen LogP) is 0.348. The van der Waals surface area contributed by atoms with Gasteiger partial charge >= 0.3 is 0 Å². The molecule has 0 heterocycles. The Bertz CT molecular complexity index is 148. The van der Waals surface area contributed by atoms with Gasteiger partial charge in [0.2, 0.25) is 5.91 Å². The number of nitrogens with one attached hydrogen (secondary N) is 1. The van der Waals surface area contributed by atoms with Gasteiger partial charge in [-0.05, 0) is 19.8 Å². The van der Waals surface area contributed by atoms with Crippen LogP contribution in [0.1, 0.15) is 19.8 Å². The SMILES string of the molecule is C=CCCC(C)NOCC(N)=O. The van der Waals surface area contributed by atoms with Crippen molar-refractivity contribution in [1.29, 1.82) is 0 Å². The Kier molecular flexibility index (Phi) is 6.32. The molecule has 0 aliphatic carbocycles. The highest BCUT2D eigenvalue weighted by Crippen LogP contribution is 1.95. The van der Waals surface area contributed by atoms with Gasteiger partial charge in [-0.2, -0.15) is 5.48 Å². The number of amides is 1. The molecule has 4 heteroatoms. The molecular formula is C8H16N2O2. The van der Waals surface area contributed by atoms with Crippen molar-refractivity contribution >= 4 is 5.91 Å². The fraction of sp³-hybridized carbons (Fsp3) is 0.625. The van der Waals surface area contributed by atoms with Gasteiger partial charge in [-0.25, -0.2) is 0 Å². The van der Waals surface area contributed by atoms with Crippen LogP contribution in [0.3, 0.4) is 0 Å². The van der Waals surface area contributed by atoms with Crippen molar-refractivity contribution in [3.63, 3.8) is 0 Å². The predicted molar refractivity (Wildman–Crippen MR) is 47.2 cm³/mol. The monoisotopic (exact) mass is 172 g/mol. The maximum Gasteiger partial charge on any atom is 0.245 e. The maximum atomic E-state index is 10.2. The molecule has 0 aromatic rings. The van der Waals surface area contributed by atoms with Crippen molar-refractivity contribution < 1.29 is 9.63 Å². The van der Waals surface area contributed by atoms with Crippen molar-refractivity contribution in [1.82, 2.24) is 5.48 Å². The van der Waals surface area contributed by atoms with E-state index in [9.17, 15) is 4.79 Å².